The number of hydrogen-bond donors (Lipinski definition) is 0. The maximum absolute atomic E-state index is 12.8. The van der Waals surface area contributed by atoms with Gasteiger partial charge in [-0.2, -0.15) is 13.2 Å². The van der Waals surface area contributed by atoms with Gasteiger partial charge in [-0.15, -0.1) is 13.2 Å². The normalized spacial score (nSPS) is 12.2. The van der Waals surface area contributed by atoms with E-state index in [4.69, 9.17) is 0 Å². The summed E-state index contributed by atoms with van der Waals surface area (Å²) in [6, 6.07) is 0.390. The second kappa shape index (κ2) is 6.71. The summed E-state index contributed by atoms with van der Waals surface area (Å²) in [5, 5.41) is -0.175. The van der Waals surface area contributed by atoms with Crippen molar-refractivity contribution in [3.05, 3.63) is 22.9 Å². The number of halogens is 7. The van der Waals surface area contributed by atoms with Crippen LogP contribution in [0.3, 0.4) is 0 Å². The molecule has 1 heterocycles. The molecule has 0 aliphatic heterocycles. The molecule has 0 aliphatic rings. The Balaban J connectivity index is 3.42. The third kappa shape index (κ3) is 5.04. The summed E-state index contributed by atoms with van der Waals surface area (Å²) >= 11 is 2.88. The minimum Gasteiger partial charge on any atom is -0.469 e. The van der Waals surface area contributed by atoms with Gasteiger partial charge in [0, 0.05) is 5.33 Å². The second-order valence-electron chi connectivity index (χ2n) is 3.88. The number of rotatable bonds is 4. The van der Waals surface area contributed by atoms with E-state index in [1.54, 1.807) is 0 Å². The molecule has 124 valence electrons. The quantitative estimate of drug-likeness (QED) is 0.444. The highest BCUT2D eigenvalue weighted by molar-refractivity contribution is 9.08. The van der Waals surface area contributed by atoms with E-state index in [1.165, 1.54) is 0 Å². The lowest BCUT2D eigenvalue weighted by molar-refractivity contribution is -0.277. The average Bonchev–Trinajstić information content (AvgIpc) is 2.36. The molecule has 0 aromatic carbocycles. The predicted molar refractivity (Wildman–Crippen MR) is 64.3 cm³/mol. The van der Waals surface area contributed by atoms with E-state index in [9.17, 15) is 31.1 Å². The van der Waals surface area contributed by atoms with Crippen LogP contribution in [-0.4, -0.2) is 24.4 Å². The van der Waals surface area contributed by atoms with Gasteiger partial charge in [0.1, 0.15) is 5.56 Å². The van der Waals surface area contributed by atoms with Crippen LogP contribution in [0.5, 0.6) is 5.88 Å². The first-order chi connectivity index (χ1) is 9.97. The van der Waals surface area contributed by atoms with Crippen LogP contribution in [0.4, 0.5) is 26.3 Å². The zero-order valence-corrected chi connectivity index (χ0v) is 12.4. The molecule has 1 aromatic rings. The first kappa shape index (κ1) is 18.5. The molecule has 0 N–H and O–H groups in total. The number of pyridine rings is 1. The van der Waals surface area contributed by atoms with Gasteiger partial charge < -0.3 is 9.47 Å². The molecular weight excluding hydrogens is 388 g/mol. The zero-order valence-electron chi connectivity index (χ0n) is 10.8. The van der Waals surface area contributed by atoms with Crippen LogP contribution in [-0.2, 0) is 27.5 Å². The fourth-order valence-corrected chi connectivity index (χ4v) is 1.95. The van der Waals surface area contributed by atoms with Crippen LogP contribution in [0, 0.1) is 0 Å². The molecule has 1 aromatic heterocycles. The van der Waals surface area contributed by atoms with Gasteiger partial charge in [-0.3, -0.25) is 4.79 Å². The monoisotopic (exact) mass is 395 g/mol. The van der Waals surface area contributed by atoms with Crippen molar-refractivity contribution >= 4 is 21.9 Å². The van der Waals surface area contributed by atoms with E-state index in [-0.39, 0.29) is 16.6 Å². The summed E-state index contributed by atoms with van der Waals surface area (Å²) < 4.78 is 82.8. The molecule has 22 heavy (non-hydrogen) atoms. The van der Waals surface area contributed by atoms with E-state index in [0.717, 1.165) is 7.11 Å². The Kier molecular flexibility index (Phi) is 5.65. The van der Waals surface area contributed by atoms with E-state index >= 15 is 0 Å². The molecule has 0 saturated carbocycles. The number of esters is 1. The van der Waals surface area contributed by atoms with Crippen molar-refractivity contribution in [3.63, 3.8) is 0 Å². The molecule has 0 aliphatic carbocycles. The van der Waals surface area contributed by atoms with Gasteiger partial charge in [0.2, 0.25) is 5.88 Å². The maximum Gasteiger partial charge on any atom is 0.574 e. The number of methoxy groups -OCH3 is 1. The smallest absolute Gasteiger partial charge is 0.469 e. The van der Waals surface area contributed by atoms with Crippen molar-refractivity contribution in [1.29, 1.82) is 0 Å². The molecule has 0 atom stereocenters. The molecule has 11 heteroatoms. The minimum absolute atomic E-state index is 0.175. The summed E-state index contributed by atoms with van der Waals surface area (Å²) in [5.74, 6) is -2.48. The van der Waals surface area contributed by atoms with Gasteiger partial charge >= 0.3 is 18.5 Å². The summed E-state index contributed by atoms with van der Waals surface area (Å²) in [4.78, 5) is 14.4. The van der Waals surface area contributed by atoms with Crippen LogP contribution in [0.1, 0.15) is 16.8 Å². The second-order valence-corrected chi connectivity index (χ2v) is 4.44. The SMILES string of the molecule is COC(=O)Cc1cc(C(F)(F)F)c(OC(F)(F)F)nc1CBr. The zero-order chi connectivity index (χ0) is 17.1. The highest BCUT2D eigenvalue weighted by atomic mass is 79.9. The summed E-state index contributed by atoms with van der Waals surface area (Å²) in [6.07, 6.45) is -11.0. The highest BCUT2D eigenvalue weighted by Gasteiger charge is 2.41. The van der Waals surface area contributed by atoms with E-state index in [0.29, 0.717) is 6.07 Å². The van der Waals surface area contributed by atoms with E-state index in [2.05, 4.69) is 30.4 Å². The lowest BCUT2D eigenvalue weighted by atomic mass is 10.1. The van der Waals surface area contributed by atoms with Crippen LogP contribution >= 0.6 is 15.9 Å². The van der Waals surface area contributed by atoms with Crippen molar-refractivity contribution < 1.29 is 40.6 Å². The van der Waals surface area contributed by atoms with Crippen molar-refractivity contribution in [3.8, 4) is 5.88 Å². The number of hydrogen-bond acceptors (Lipinski definition) is 4. The number of aromatic nitrogens is 1. The highest BCUT2D eigenvalue weighted by Crippen LogP contribution is 2.38. The van der Waals surface area contributed by atoms with Crippen LogP contribution in [0.25, 0.3) is 0 Å². The van der Waals surface area contributed by atoms with Gasteiger partial charge in [-0.1, -0.05) is 15.9 Å². The number of ether oxygens (including phenoxy) is 2. The first-order valence-electron chi connectivity index (χ1n) is 5.46. The molecular formula is C11H8BrF6NO3. The standard InChI is InChI=1S/C11H8BrF6NO3/c1-21-8(20)3-5-2-6(10(13,14)15)9(19-7(5)4-12)22-11(16,17)18/h2H,3-4H2,1H3. The number of carbonyl (C=O) groups is 1. The Labute approximate surface area is 128 Å². The fraction of sp³-hybridized carbons (Fsp3) is 0.455. The molecule has 0 saturated heterocycles. The van der Waals surface area contributed by atoms with Crippen LogP contribution in [0.2, 0.25) is 0 Å². The molecule has 4 nitrogen and oxygen atoms in total. The molecule has 0 unspecified atom stereocenters. The molecule has 1 rings (SSSR count). The topological polar surface area (TPSA) is 48.4 Å². The molecule has 0 bridgehead atoms. The molecule has 0 spiro atoms. The third-order valence-electron chi connectivity index (χ3n) is 2.36. The Morgan fingerprint density at radius 3 is 2.27 bits per heavy atom. The van der Waals surface area contributed by atoms with Crippen molar-refractivity contribution in [2.45, 2.75) is 24.3 Å². The molecule has 0 radical (unpaired) electrons. The Morgan fingerprint density at radius 2 is 1.86 bits per heavy atom. The summed E-state index contributed by atoms with van der Waals surface area (Å²) in [6.45, 7) is 0. The Morgan fingerprint density at radius 1 is 1.27 bits per heavy atom. The molecule has 0 fully saturated rings. The van der Waals surface area contributed by atoms with Crippen molar-refractivity contribution in [1.82, 2.24) is 4.98 Å². The summed E-state index contributed by atoms with van der Waals surface area (Å²) in [5.41, 5.74) is -2.14. The lowest BCUT2D eigenvalue weighted by Gasteiger charge is -2.17. The fourth-order valence-electron chi connectivity index (χ4n) is 1.46. The Bertz CT molecular complexity index is 558. The van der Waals surface area contributed by atoms with Gasteiger partial charge in [0.05, 0.1) is 19.2 Å². The van der Waals surface area contributed by atoms with E-state index in [1.807, 2.05) is 0 Å². The summed E-state index contributed by atoms with van der Waals surface area (Å²) in [7, 11) is 1.02. The molecule has 0 amide bonds. The van der Waals surface area contributed by atoms with Crippen molar-refractivity contribution in [2.24, 2.45) is 0 Å². The minimum atomic E-state index is -5.33. The predicted octanol–water partition coefficient (Wildman–Crippen LogP) is 3.61. The largest absolute Gasteiger partial charge is 0.574 e. The van der Waals surface area contributed by atoms with Crippen molar-refractivity contribution in [2.75, 3.05) is 7.11 Å². The van der Waals surface area contributed by atoms with Crippen LogP contribution in [0.15, 0.2) is 6.07 Å². The third-order valence-corrected chi connectivity index (χ3v) is 2.89. The van der Waals surface area contributed by atoms with Gasteiger partial charge in [0.25, 0.3) is 0 Å². The number of alkyl halides is 7. The van der Waals surface area contributed by atoms with Gasteiger partial charge in [-0.25, -0.2) is 4.98 Å². The number of carbonyl (C=O) groups excluding carboxylic acids is 1. The maximum atomic E-state index is 12.8. The average molecular weight is 396 g/mol. The first-order valence-corrected chi connectivity index (χ1v) is 6.58. The van der Waals surface area contributed by atoms with Gasteiger partial charge in [0.15, 0.2) is 0 Å². The lowest BCUT2D eigenvalue weighted by Crippen LogP contribution is -2.22. The van der Waals surface area contributed by atoms with Gasteiger partial charge in [-0.05, 0) is 11.6 Å². The Hall–Kier alpha value is -1.52. The van der Waals surface area contributed by atoms with E-state index < -0.39 is 36.4 Å². The van der Waals surface area contributed by atoms with Crippen LogP contribution < -0.4 is 4.74 Å². The number of nitrogens with zero attached hydrogens (tertiary/aromatic N) is 1.